The molecule has 4 aromatic carbocycles. The van der Waals surface area contributed by atoms with Gasteiger partial charge < -0.3 is 0 Å². The van der Waals surface area contributed by atoms with E-state index in [1.54, 1.807) is 0 Å². The zero-order chi connectivity index (χ0) is 30.3. The van der Waals surface area contributed by atoms with E-state index in [9.17, 15) is 0 Å². The Morgan fingerprint density at radius 1 is 0.295 bits per heavy atom. The summed E-state index contributed by atoms with van der Waals surface area (Å²) in [4.78, 5) is 0. The van der Waals surface area contributed by atoms with Crippen molar-refractivity contribution >= 4 is 37.1 Å². The lowest BCUT2D eigenvalue weighted by molar-refractivity contribution is 0.608. The molecule has 0 heterocycles. The molecule has 0 saturated carbocycles. The van der Waals surface area contributed by atoms with Gasteiger partial charge in [-0.1, -0.05) is 185 Å². The fourth-order valence-corrected chi connectivity index (χ4v) is 10.8. The number of rotatable bonds is 22. The Labute approximate surface area is 271 Å². The Balaban J connectivity index is 0.965. The fraction of sp³-hybridized carbons (Fsp3) is 0.381. The average Bonchev–Trinajstić information content (AvgIpc) is 3.09. The molecule has 44 heavy (non-hydrogen) atoms. The number of hydrogen-bond donors (Lipinski definition) is 0. The Hall–Kier alpha value is -2.52. The highest BCUT2D eigenvalue weighted by molar-refractivity contribution is 7.73. The van der Waals surface area contributed by atoms with Crippen LogP contribution >= 0.6 is 15.8 Å². The quantitative estimate of drug-likeness (QED) is 0.0466. The van der Waals surface area contributed by atoms with E-state index in [1.165, 1.54) is 123 Å². The van der Waals surface area contributed by atoms with Crippen LogP contribution in [0.25, 0.3) is 0 Å². The lowest BCUT2D eigenvalue weighted by Gasteiger charge is -2.18. The number of benzene rings is 4. The van der Waals surface area contributed by atoms with Gasteiger partial charge in [0.1, 0.15) is 0 Å². The third-order valence-electron chi connectivity index (χ3n) is 8.44. The molecule has 0 spiro atoms. The molecular formula is C42H54P2. The molecule has 0 aliphatic carbocycles. The van der Waals surface area contributed by atoms with Crippen molar-refractivity contribution in [2.75, 3.05) is 12.3 Å². The van der Waals surface area contributed by atoms with Gasteiger partial charge in [0, 0.05) is 0 Å². The summed E-state index contributed by atoms with van der Waals surface area (Å²) in [5, 5.41) is 6.08. The summed E-state index contributed by atoms with van der Waals surface area (Å²) >= 11 is 0. The second-order valence-electron chi connectivity index (χ2n) is 11.9. The largest absolute Gasteiger partial charge is 0.0885 e. The van der Waals surface area contributed by atoms with Gasteiger partial charge in [0.05, 0.1) is 0 Å². The molecule has 0 aromatic heterocycles. The second-order valence-corrected chi connectivity index (χ2v) is 16.6. The molecule has 4 aromatic rings. The van der Waals surface area contributed by atoms with Crippen molar-refractivity contribution < 1.29 is 0 Å². The van der Waals surface area contributed by atoms with Crippen LogP contribution in [0.4, 0.5) is 0 Å². The minimum atomic E-state index is -0.222. The maximum absolute atomic E-state index is 2.45. The van der Waals surface area contributed by atoms with Gasteiger partial charge in [-0.05, 0) is 87.9 Å². The second kappa shape index (κ2) is 22.1. The first-order valence-electron chi connectivity index (χ1n) is 17.3. The molecule has 2 heteroatoms. The summed E-state index contributed by atoms with van der Waals surface area (Å²) in [6.45, 7) is 0. The predicted octanol–water partition coefficient (Wildman–Crippen LogP) is 11.3. The van der Waals surface area contributed by atoms with E-state index in [4.69, 9.17) is 0 Å². The molecule has 0 unspecified atom stereocenters. The van der Waals surface area contributed by atoms with E-state index >= 15 is 0 Å². The molecule has 0 fully saturated rings. The van der Waals surface area contributed by atoms with Crippen LogP contribution in [0, 0.1) is 0 Å². The molecule has 4 rings (SSSR count). The molecule has 0 atom stereocenters. The summed E-state index contributed by atoms with van der Waals surface area (Å²) in [6.07, 6.45) is 26.5. The van der Waals surface area contributed by atoms with E-state index in [2.05, 4.69) is 133 Å². The van der Waals surface area contributed by atoms with Crippen LogP contribution in [0.5, 0.6) is 0 Å². The Morgan fingerprint density at radius 3 is 0.841 bits per heavy atom. The predicted molar refractivity (Wildman–Crippen MR) is 202 cm³/mol. The van der Waals surface area contributed by atoms with Gasteiger partial charge in [0.2, 0.25) is 0 Å². The molecule has 0 saturated heterocycles. The maximum Gasteiger partial charge on any atom is -0.0195 e. The van der Waals surface area contributed by atoms with E-state index in [0.717, 1.165) is 0 Å². The fourth-order valence-electron chi connectivity index (χ4n) is 5.96. The molecule has 0 nitrogen and oxygen atoms in total. The van der Waals surface area contributed by atoms with Crippen LogP contribution in [-0.2, 0) is 0 Å². The van der Waals surface area contributed by atoms with Crippen LogP contribution in [0.3, 0.4) is 0 Å². The summed E-state index contributed by atoms with van der Waals surface area (Å²) < 4.78 is 0. The van der Waals surface area contributed by atoms with Gasteiger partial charge in [-0.2, -0.15) is 0 Å². The van der Waals surface area contributed by atoms with Crippen molar-refractivity contribution in [2.24, 2.45) is 0 Å². The molecule has 0 radical (unpaired) electrons. The van der Waals surface area contributed by atoms with Crippen LogP contribution in [0.15, 0.2) is 133 Å². The van der Waals surface area contributed by atoms with Crippen molar-refractivity contribution in [1.82, 2.24) is 0 Å². The molecule has 0 aliphatic rings. The Morgan fingerprint density at radius 2 is 0.545 bits per heavy atom. The molecule has 0 N–H and O–H groups in total. The average molecular weight is 621 g/mol. The van der Waals surface area contributed by atoms with Crippen LogP contribution < -0.4 is 21.2 Å². The standard InChI is InChI=1S/C42H54P2/c1(3-5-7-9-11-13-27-37-43(39-29-19-15-20-30-39)40-31-21-16-22-32-40)2-4-6-8-10-12-14-28-38-44(41-33-23-17-24-34-41)42-35-25-18-26-36-42/h1-2,15-26,29-36H,3-14,27-28,37-38H2/b2-1+. The Bertz CT molecular complexity index is 1070. The minimum Gasteiger partial charge on any atom is -0.0885 e. The molecule has 232 valence electrons. The first kappa shape index (κ1) is 34.4. The SMILES string of the molecule is C(=C\CCCCCCCCP(c1ccccc1)c1ccccc1)/CCCCCCCCP(c1ccccc1)c1ccccc1. The van der Waals surface area contributed by atoms with Gasteiger partial charge in [-0.25, -0.2) is 0 Å². The summed E-state index contributed by atoms with van der Waals surface area (Å²) in [6, 6.07) is 44.7. The highest BCUT2D eigenvalue weighted by Gasteiger charge is 2.13. The first-order chi connectivity index (χ1) is 21.9. The number of allylic oxidation sites excluding steroid dienone is 2. The monoisotopic (exact) mass is 620 g/mol. The summed E-state index contributed by atoms with van der Waals surface area (Å²) in [5.74, 6) is 0. The molecule has 0 amide bonds. The van der Waals surface area contributed by atoms with Gasteiger partial charge in [-0.3, -0.25) is 0 Å². The van der Waals surface area contributed by atoms with E-state index < -0.39 is 0 Å². The van der Waals surface area contributed by atoms with Crippen LogP contribution in [0.1, 0.15) is 89.9 Å². The zero-order valence-corrected chi connectivity index (χ0v) is 28.7. The highest BCUT2D eigenvalue weighted by Crippen LogP contribution is 2.35. The van der Waals surface area contributed by atoms with E-state index in [0.29, 0.717) is 0 Å². The van der Waals surface area contributed by atoms with E-state index in [-0.39, 0.29) is 15.8 Å². The lowest BCUT2D eigenvalue weighted by atomic mass is 10.1. The smallest absolute Gasteiger partial charge is 0.0195 e. The normalized spacial score (nSPS) is 11.6. The van der Waals surface area contributed by atoms with Crippen molar-refractivity contribution in [2.45, 2.75) is 89.9 Å². The number of unbranched alkanes of at least 4 members (excludes halogenated alkanes) is 12. The third-order valence-corrected chi connectivity index (χ3v) is 13.7. The molecule has 0 aliphatic heterocycles. The third kappa shape index (κ3) is 13.2. The van der Waals surface area contributed by atoms with Crippen LogP contribution in [0.2, 0.25) is 0 Å². The molecular weight excluding hydrogens is 566 g/mol. The molecule has 0 bridgehead atoms. The topological polar surface area (TPSA) is 0 Å². The lowest BCUT2D eigenvalue weighted by Crippen LogP contribution is -2.13. The summed E-state index contributed by atoms with van der Waals surface area (Å²) in [7, 11) is -0.444. The number of hydrogen-bond acceptors (Lipinski definition) is 0. The summed E-state index contributed by atoms with van der Waals surface area (Å²) in [5.41, 5.74) is 0. The van der Waals surface area contributed by atoms with Gasteiger partial charge >= 0.3 is 0 Å². The Kier molecular flexibility index (Phi) is 17.2. The van der Waals surface area contributed by atoms with Crippen molar-refractivity contribution in [3.05, 3.63) is 133 Å². The van der Waals surface area contributed by atoms with Gasteiger partial charge in [-0.15, -0.1) is 0 Å². The van der Waals surface area contributed by atoms with Crippen molar-refractivity contribution in [3.8, 4) is 0 Å². The maximum atomic E-state index is 2.45. The van der Waals surface area contributed by atoms with Gasteiger partial charge in [0.15, 0.2) is 0 Å². The zero-order valence-electron chi connectivity index (χ0n) is 26.9. The van der Waals surface area contributed by atoms with Gasteiger partial charge in [0.25, 0.3) is 0 Å². The van der Waals surface area contributed by atoms with Crippen LogP contribution in [-0.4, -0.2) is 12.3 Å². The first-order valence-corrected chi connectivity index (χ1v) is 20.4. The minimum absolute atomic E-state index is 0.222. The highest BCUT2D eigenvalue weighted by atomic mass is 31.1. The van der Waals surface area contributed by atoms with E-state index in [1.807, 2.05) is 0 Å². The van der Waals surface area contributed by atoms with Crippen molar-refractivity contribution in [1.29, 1.82) is 0 Å². The van der Waals surface area contributed by atoms with Crippen molar-refractivity contribution in [3.63, 3.8) is 0 Å².